The molecule has 3 aromatic rings. The van der Waals surface area contributed by atoms with E-state index in [1.165, 1.54) is 10.4 Å². The Balaban J connectivity index is 1.53. The molecule has 0 saturated carbocycles. The number of morpholine rings is 1. The first kappa shape index (κ1) is 19.6. The second kappa shape index (κ2) is 7.94. The summed E-state index contributed by atoms with van der Waals surface area (Å²) < 4.78 is 34.4. The van der Waals surface area contributed by atoms with Crippen molar-refractivity contribution in [3.8, 4) is 0 Å². The molecule has 0 bridgehead atoms. The SMILES string of the molecule is Cc1ccc(NC(=O)Cn2cnc3ccccc32)cc1S(=O)(=O)N1CCOCC1. The molecule has 1 aliphatic heterocycles. The minimum atomic E-state index is -3.64. The van der Waals surface area contributed by atoms with E-state index in [1.54, 1.807) is 30.0 Å². The van der Waals surface area contributed by atoms with E-state index >= 15 is 0 Å². The zero-order chi connectivity index (χ0) is 20.4. The molecule has 29 heavy (non-hydrogen) atoms. The van der Waals surface area contributed by atoms with Crippen molar-refractivity contribution in [1.29, 1.82) is 0 Å². The van der Waals surface area contributed by atoms with Gasteiger partial charge in [-0.15, -0.1) is 0 Å². The Morgan fingerprint density at radius 3 is 2.72 bits per heavy atom. The van der Waals surface area contributed by atoms with Gasteiger partial charge < -0.3 is 14.6 Å². The first-order valence-electron chi connectivity index (χ1n) is 9.33. The van der Waals surface area contributed by atoms with Crippen LogP contribution < -0.4 is 5.32 Å². The third-order valence-electron chi connectivity index (χ3n) is 4.90. The summed E-state index contributed by atoms with van der Waals surface area (Å²) in [5, 5.41) is 2.79. The molecule has 0 unspecified atom stereocenters. The van der Waals surface area contributed by atoms with E-state index in [2.05, 4.69) is 10.3 Å². The van der Waals surface area contributed by atoms with E-state index in [0.717, 1.165) is 11.0 Å². The van der Waals surface area contributed by atoms with Gasteiger partial charge in [0.1, 0.15) is 6.54 Å². The Morgan fingerprint density at radius 2 is 1.93 bits per heavy atom. The van der Waals surface area contributed by atoms with Crippen LogP contribution in [0.3, 0.4) is 0 Å². The van der Waals surface area contributed by atoms with Crippen molar-refractivity contribution in [3.63, 3.8) is 0 Å². The minimum absolute atomic E-state index is 0.0833. The van der Waals surface area contributed by atoms with Crippen molar-refractivity contribution in [2.24, 2.45) is 0 Å². The molecule has 0 radical (unpaired) electrons. The van der Waals surface area contributed by atoms with Crippen LogP contribution in [0.15, 0.2) is 53.7 Å². The monoisotopic (exact) mass is 414 g/mol. The molecule has 1 saturated heterocycles. The summed E-state index contributed by atoms with van der Waals surface area (Å²) >= 11 is 0. The van der Waals surface area contributed by atoms with Crippen molar-refractivity contribution in [3.05, 3.63) is 54.4 Å². The second-order valence-corrected chi connectivity index (χ2v) is 8.81. The molecule has 1 N–H and O–H groups in total. The standard InChI is InChI=1S/C20H22N4O4S/c1-15-6-7-16(12-19(15)29(26,27)24-8-10-28-11-9-24)22-20(25)13-23-14-21-17-4-2-3-5-18(17)23/h2-7,12,14H,8-11,13H2,1H3,(H,22,25). The lowest BCUT2D eigenvalue weighted by molar-refractivity contribution is -0.116. The number of benzene rings is 2. The summed E-state index contributed by atoms with van der Waals surface area (Å²) in [6.45, 7) is 3.25. The number of ether oxygens (including phenoxy) is 1. The number of para-hydroxylation sites is 2. The average Bonchev–Trinajstić information content (AvgIpc) is 3.13. The number of hydrogen-bond donors (Lipinski definition) is 1. The Kier molecular flexibility index (Phi) is 5.35. The third kappa shape index (κ3) is 4.02. The molecule has 8 nitrogen and oxygen atoms in total. The number of nitrogens with zero attached hydrogens (tertiary/aromatic N) is 3. The Bertz CT molecular complexity index is 1150. The highest BCUT2D eigenvalue weighted by atomic mass is 32.2. The average molecular weight is 414 g/mol. The van der Waals surface area contributed by atoms with Gasteiger partial charge in [-0.1, -0.05) is 18.2 Å². The van der Waals surface area contributed by atoms with Crippen LogP contribution in [0.5, 0.6) is 0 Å². The lowest BCUT2D eigenvalue weighted by Gasteiger charge is -2.26. The molecule has 9 heteroatoms. The second-order valence-electron chi connectivity index (χ2n) is 6.91. The number of carbonyl (C=O) groups excluding carboxylic acids is 1. The lowest BCUT2D eigenvalue weighted by Crippen LogP contribution is -2.40. The van der Waals surface area contributed by atoms with E-state index in [9.17, 15) is 13.2 Å². The van der Waals surface area contributed by atoms with Gasteiger partial charge >= 0.3 is 0 Å². The first-order chi connectivity index (χ1) is 13.9. The van der Waals surface area contributed by atoms with Crippen LogP contribution in [-0.2, 0) is 26.1 Å². The van der Waals surface area contributed by atoms with Crippen LogP contribution in [0.4, 0.5) is 5.69 Å². The summed E-state index contributed by atoms with van der Waals surface area (Å²) in [5.74, 6) is -0.258. The van der Waals surface area contributed by atoms with Crippen LogP contribution in [0.1, 0.15) is 5.56 Å². The molecule has 0 atom stereocenters. The number of nitrogens with one attached hydrogen (secondary N) is 1. The van der Waals surface area contributed by atoms with Crippen LogP contribution in [0.25, 0.3) is 11.0 Å². The highest BCUT2D eigenvalue weighted by molar-refractivity contribution is 7.89. The molecule has 0 spiro atoms. The molecule has 1 fully saturated rings. The highest BCUT2D eigenvalue weighted by Crippen LogP contribution is 2.24. The fourth-order valence-electron chi connectivity index (χ4n) is 3.37. The molecular weight excluding hydrogens is 392 g/mol. The number of rotatable bonds is 5. The van der Waals surface area contributed by atoms with E-state index in [0.29, 0.717) is 37.6 Å². The summed E-state index contributed by atoms with van der Waals surface area (Å²) in [6, 6.07) is 12.5. The zero-order valence-electron chi connectivity index (χ0n) is 16.0. The van der Waals surface area contributed by atoms with Gasteiger partial charge in [0.05, 0.1) is 35.5 Å². The van der Waals surface area contributed by atoms with Crippen molar-refractivity contribution < 1.29 is 17.9 Å². The van der Waals surface area contributed by atoms with Crippen LogP contribution >= 0.6 is 0 Å². The predicted molar refractivity (Wildman–Crippen MR) is 109 cm³/mol. The Morgan fingerprint density at radius 1 is 1.17 bits per heavy atom. The molecule has 4 rings (SSSR count). The molecular formula is C20H22N4O4S. The number of sulfonamides is 1. The number of aryl methyl sites for hydroxylation is 1. The number of imidazole rings is 1. The third-order valence-corrected chi connectivity index (χ3v) is 6.94. The number of aromatic nitrogens is 2. The Labute approximate surface area is 169 Å². The van der Waals surface area contributed by atoms with E-state index < -0.39 is 10.0 Å². The van der Waals surface area contributed by atoms with Crippen LogP contribution in [0.2, 0.25) is 0 Å². The Hall–Kier alpha value is -2.75. The van der Waals surface area contributed by atoms with Gasteiger partial charge in [-0.2, -0.15) is 4.31 Å². The van der Waals surface area contributed by atoms with E-state index in [-0.39, 0.29) is 17.3 Å². The summed E-state index contributed by atoms with van der Waals surface area (Å²) in [4.78, 5) is 17.0. The van der Waals surface area contributed by atoms with E-state index in [1.807, 2.05) is 24.3 Å². The number of carbonyl (C=O) groups is 1. The largest absolute Gasteiger partial charge is 0.379 e. The fraction of sp³-hybridized carbons (Fsp3) is 0.300. The van der Waals surface area contributed by atoms with Crippen LogP contribution in [-0.4, -0.2) is 54.5 Å². The maximum atomic E-state index is 13.0. The van der Waals surface area contributed by atoms with Crippen molar-refractivity contribution >= 4 is 32.7 Å². The minimum Gasteiger partial charge on any atom is -0.379 e. The van der Waals surface area contributed by atoms with E-state index in [4.69, 9.17) is 4.74 Å². The molecule has 1 amide bonds. The number of fused-ring (bicyclic) bond motifs is 1. The highest BCUT2D eigenvalue weighted by Gasteiger charge is 2.28. The lowest BCUT2D eigenvalue weighted by atomic mass is 10.2. The summed E-state index contributed by atoms with van der Waals surface area (Å²) in [7, 11) is -3.64. The van der Waals surface area contributed by atoms with Crippen molar-refractivity contribution in [1.82, 2.24) is 13.9 Å². The van der Waals surface area contributed by atoms with Gasteiger partial charge in [0.15, 0.2) is 0 Å². The summed E-state index contributed by atoms with van der Waals surface area (Å²) in [6.07, 6.45) is 1.62. The number of anilines is 1. The zero-order valence-corrected chi connectivity index (χ0v) is 16.9. The molecule has 2 aromatic carbocycles. The number of amides is 1. The molecule has 2 heterocycles. The maximum Gasteiger partial charge on any atom is 0.244 e. The first-order valence-corrected chi connectivity index (χ1v) is 10.8. The fourth-order valence-corrected chi connectivity index (χ4v) is 5.03. The van der Waals surface area contributed by atoms with Crippen LogP contribution in [0, 0.1) is 6.92 Å². The van der Waals surface area contributed by atoms with Crippen molar-refractivity contribution in [2.75, 3.05) is 31.6 Å². The van der Waals surface area contributed by atoms with Gasteiger partial charge in [0.25, 0.3) is 0 Å². The maximum absolute atomic E-state index is 13.0. The molecule has 0 aliphatic carbocycles. The van der Waals surface area contributed by atoms with Gasteiger partial charge in [0.2, 0.25) is 15.9 Å². The van der Waals surface area contributed by atoms with Gasteiger partial charge in [-0.25, -0.2) is 13.4 Å². The summed E-state index contributed by atoms with van der Waals surface area (Å²) in [5.41, 5.74) is 2.75. The van der Waals surface area contributed by atoms with Gasteiger partial charge in [-0.3, -0.25) is 4.79 Å². The quantitative estimate of drug-likeness (QED) is 0.689. The smallest absolute Gasteiger partial charge is 0.244 e. The topological polar surface area (TPSA) is 93.5 Å². The predicted octanol–water partition coefficient (Wildman–Crippen LogP) is 2.00. The van der Waals surface area contributed by atoms with Gasteiger partial charge in [-0.05, 0) is 36.8 Å². The van der Waals surface area contributed by atoms with Gasteiger partial charge in [0, 0.05) is 18.8 Å². The molecule has 1 aromatic heterocycles. The molecule has 152 valence electrons. The normalized spacial score (nSPS) is 15.5. The number of hydrogen-bond acceptors (Lipinski definition) is 5. The van der Waals surface area contributed by atoms with Crippen molar-refractivity contribution in [2.45, 2.75) is 18.4 Å². The molecule has 1 aliphatic rings.